The number of carbonyl (C=O) groups excluding carboxylic acids is 2. The fourth-order valence-corrected chi connectivity index (χ4v) is 5.00. The lowest BCUT2D eigenvalue weighted by molar-refractivity contribution is -0.132. The van der Waals surface area contributed by atoms with Gasteiger partial charge in [-0.05, 0) is 55.2 Å². The molecule has 1 aromatic heterocycles. The van der Waals surface area contributed by atoms with Crippen molar-refractivity contribution in [2.45, 2.75) is 57.5 Å². The second-order valence-corrected chi connectivity index (χ2v) is 9.50. The van der Waals surface area contributed by atoms with E-state index in [0.29, 0.717) is 18.8 Å². The van der Waals surface area contributed by atoms with E-state index in [-0.39, 0.29) is 17.9 Å². The quantitative estimate of drug-likeness (QED) is 0.638. The molecule has 2 aliphatic rings. The van der Waals surface area contributed by atoms with Crippen molar-refractivity contribution in [3.8, 4) is 0 Å². The zero-order chi connectivity index (χ0) is 22.9. The van der Waals surface area contributed by atoms with Crippen molar-refractivity contribution < 1.29 is 9.59 Å². The molecule has 2 fully saturated rings. The molecule has 1 N–H and O–H groups in total. The number of aryl methyl sites for hydroxylation is 1. The van der Waals surface area contributed by atoms with E-state index >= 15 is 0 Å². The fourth-order valence-electron chi connectivity index (χ4n) is 5.00. The Bertz CT molecular complexity index is 882. The summed E-state index contributed by atoms with van der Waals surface area (Å²) in [6, 6.07) is 14.7. The van der Waals surface area contributed by atoms with Gasteiger partial charge in [-0.25, -0.2) is 0 Å². The number of hydrogen-bond acceptors (Lipinski definition) is 4. The molecule has 2 saturated heterocycles. The number of pyridine rings is 1. The molecule has 0 spiro atoms. The Morgan fingerprint density at radius 2 is 1.73 bits per heavy atom. The number of hydrogen-bond donors (Lipinski definition) is 1. The third kappa shape index (κ3) is 7.39. The van der Waals surface area contributed by atoms with Crippen molar-refractivity contribution in [2.24, 2.45) is 5.92 Å². The summed E-state index contributed by atoms with van der Waals surface area (Å²) in [5.74, 6) is 0.948. The molecular weight excluding hydrogens is 412 g/mol. The molecule has 6 heteroatoms. The minimum atomic E-state index is 0.177. The van der Waals surface area contributed by atoms with E-state index in [1.54, 1.807) is 6.20 Å². The summed E-state index contributed by atoms with van der Waals surface area (Å²) >= 11 is 0. The van der Waals surface area contributed by atoms with Gasteiger partial charge in [-0.1, -0.05) is 36.4 Å². The standard InChI is InChI=1S/C27H36N4O2/c32-26(29-25-14-16-30(21-25)20-24-5-2-1-3-6-24)10-8-22-12-17-31(18-13-22)27(33)11-9-23-7-4-15-28-19-23/h1-7,15,19,22,25H,8-14,16-18,20-21H2,(H,29,32). The van der Waals surface area contributed by atoms with Gasteiger partial charge in [0.2, 0.25) is 11.8 Å². The van der Waals surface area contributed by atoms with E-state index in [1.807, 2.05) is 29.3 Å². The van der Waals surface area contributed by atoms with Crippen molar-refractivity contribution in [1.82, 2.24) is 20.1 Å². The molecule has 3 heterocycles. The molecule has 1 unspecified atom stereocenters. The molecule has 1 aromatic carbocycles. The summed E-state index contributed by atoms with van der Waals surface area (Å²) in [7, 11) is 0. The fraction of sp³-hybridized carbons (Fsp3) is 0.519. The molecule has 6 nitrogen and oxygen atoms in total. The lowest BCUT2D eigenvalue weighted by Gasteiger charge is -2.32. The van der Waals surface area contributed by atoms with E-state index in [9.17, 15) is 9.59 Å². The first-order chi connectivity index (χ1) is 16.2. The predicted octanol–water partition coefficient (Wildman–Crippen LogP) is 3.42. The number of piperidine rings is 1. The lowest BCUT2D eigenvalue weighted by atomic mass is 9.91. The minimum Gasteiger partial charge on any atom is -0.352 e. The zero-order valence-corrected chi connectivity index (χ0v) is 19.5. The SMILES string of the molecule is O=C(CCC1CCN(C(=O)CCc2cccnc2)CC1)NC1CCN(Cc2ccccc2)C1. The van der Waals surface area contributed by atoms with Gasteiger partial charge >= 0.3 is 0 Å². The lowest BCUT2D eigenvalue weighted by Crippen LogP contribution is -2.39. The first-order valence-electron chi connectivity index (χ1n) is 12.4. The van der Waals surface area contributed by atoms with Gasteiger partial charge in [0.1, 0.15) is 0 Å². The third-order valence-electron chi connectivity index (χ3n) is 6.98. The molecule has 1 atom stereocenters. The number of nitrogens with zero attached hydrogens (tertiary/aromatic N) is 3. The van der Waals surface area contributed by atoms with E-state index in [1.165, 1.54) is 5.56 Å². The molecule has 0 bridgehead atoms. The van der Waals surface area contributed by atoms with E-state index in [4.69, 9.17) is 0 Å². The number of benzene rings is 1. The van der Waals surface area contributed by atoms with Crippen LogP contribution in [0.1, 0.15) is 49.7 Å². The minimum absolute atomic E-state index is 0.177. The summed E-state index contributed by atoms with van der Waals surface area (Å²) in [4.78, 5) is 33.5. The van der Waals surface area contributed by atoms with Crippen LogP contribution in [0.2, 0.25) is 0 Å². The van der Waals surface area contributed by atoms with E-state index < -0.39 is 0 Å². The number of aromatic nitrogens is 1. The van der Waals surface area contributed by atoms with Crippen LogP contribution in [-0.2, 0) is 22.6 Å². The van der Waals surface area contributed by atoms with Crippen molar-refractivity contribution in [1.29, 1.82) is 0 Å². The van der Waals surface area contributed by atoms with Gasteiger partial charge < -0.3 is 10.2 Å². The van der Waals surface area contributed by atoms with Crippen molar-refractivity contribution in [3.63, 3.8) is 0 Å². The molecule has 2 amide bonds. The zero-order valence-electron chi connectivity index (χ0n) is 19.5. The maximum Gasteiger partial charge on any atom is 0.222 e. The number of amides is 2. The Morgan fingerprint density at radius 1 is 0.939 bits per heavy atom. The first kappa shape index (κ1) is 23.4. The molecule has 33 heavy (non-hydrogen) atoms. The van der Waals surface area contributed by atoms with Gasteiger partial charge in [-0.15, -0.1) is 0 Å². The Hall–Kier alpha value is -2.73. The van der Waals surface area contributed by atoms with Crippen LogP contribution < -0.4 is 5.32 Å². The number of carbonyl (C=O) groups is 2. The highest BCUT2D eigenvalue weighted by atomic mass is 16.2. The van der Waals surface area contributed by atoms with Crippen molar-refractivity contribution in [2.75, 3.05) is 26.2 Å². The second-order valence-electron chi connectivity index (χ2n) is 9.50. The molecule has 4 rings (SSSR count). The smallest absolute Gasteiger partial charge is 0.222 e. The molecular formula is C27H36N4O2. The predicted molar refractivity (Wildman–Crippen MR) is 129 cm³/mol. The van der Waals surface area contributed by atoms with Gasteiger partial charge in [0.25, 0.3) is 0 Å². The topological polar surface area (TPSA) is 65.5 Å². The summed E-state index contributed by atoms with van der Waals surface area (Å²) in [6.45, 7) is 4.55. The Kier molecular flexibility index (Phi) is 8.47. The van der Waals surface area contributed by atoms with Crippen LogP contribution in [0.4, 0.5) is 0 Å². The molecule has 2 aliphatic heterocycles. The van der Waals surface area contributed by atoms with Gasteiger partial charge in [0.15, 0.2) is 0 Å². The van der Waals surface area contributed by atoms with Gasteiger partial charge in [0.05, 0.1) is 0 Å². The Balaban J connectivity index is 1.09. The van der Waals surface area contributed by atoms with Gasteiger partial charge in [-0.3, -0.25) is 19.5 Å². The highest BCUT2D eigenvalue weighted by molar-refractivity contribution is 5.77. The largest absolute Gasteiger partial charge is 0.352 e. The van der Waals surface area contributed by atoms with Crippen LogP contribution in [-0.4, -0.2) is 58.8 Å². The Labute approximate surface area is 197 Å². The normalized spacial score (nSPS) is 19.5. The highest BCUT2D eigenvalue weighted by Gasteiger charge is 2.26. The van der Waals surface area contributed by atoms with Crippen LogP contribution in [0.25, 0.3) is 0 Å². The summed E-state index contributed by atoms with van der Waals surface area (Å²) in [5, 5.41) is 3.24. The molecule has 176 valence electrons. The summed E-state index contributed by atoms with van der Waals surface area (Å²) in [5.41, 5.74) is 2.43. The monoisotopic (exact) mass is 448 g/mol. The van der Waals surface area contributed by atoms with Crippen molar-refractivity contribution in [3.05, 3.63) is 66.0 Å². The maximum atomic E-state index is 12.5. The van der Waals surface area contributed by atoms with Gasteiger partial charge in [-0.2, -0.15) is 0 Å². The summed E-state index contributed by atoms with van der Waals surface area (Å²) < 4.78 is 0. The maximum absolute atomic E-state index is 12.5. The van der Waals surface area contributed by atoms with Crippen LogP contribution in [0.15, 0.2) is 54.9 Å². The van der Waals surface area contributed by atoms with Gasteiger partial charge in [0, 0.05) is 64.0 Å². The van der Waals surface area contributed by atoms with E-state index in [0.717, 1.165) is 70.4 Å². The van der Waals surface area contributed by atoms with Crippen LogP contribution in [0.5, 0.6) is 0 Å². The summed E-state index contributed by atoms with van der Waals surface area (Å²) in [6.07, 6.45) is 9.41. The van der Waals surface area contributed by atoms with Crippen LogP contribution in [0.3, 0.4) is 0 Å². The Morgan fingerprint density at radius 3 is 2.48 bits per heavy atom. The number of rotatable bonds is 9. The molecule has 0 aliphatic carbocycles. The number of nitrogens with one attached hydrogen (secondary N) is 1. The second kappa shape index (κ2) is 11.9. The van der Waals surface area contributed by atoms with Crippen molar-refractivity contribution >= 4 is 11.8 Å². The first-order valence-corrected chi connectivity index (χ1v) is 12.4. The third-order valence-corrected chi connectivity index (χ3v) is 6.98. The highest BCUT2D eigenvalue weighted by Crippen LogP contribution is 2.23. The van der Waals surface area contributed by atoms with Crippen LogP contribution >= 0.6 is 0 Å². The average molecular weight is 449 g/mol. The average Bonchev–Trinajstić information content (AvgIpc) is 3.29. The van der Waals surface area contributed by atoms with Crippen LogP contribution in [0, 0.1) is 5.92 Å². The molecule has 0 radical (unpaired) electrons. The molecule has 2 aromatic rings. The molecule has 0 saturated carbocycles. The number of likely N-dealkylation sites (tertiary alicyclic amines) is 2. The van der Waals surface area contributed by atoms with E-state index in [2.05, 4.69) is 39.5 Å².